The molecule has 1 aliphatic rings. The summed E-state index contributed by atoms with van der Waals surface area (Å²) in [6, 6.07) is 10.4. The van der Waals surface area contributed by atoms with Gasteiger partial charge in [0.2, 0.25) is 0 Å². The predicted octanol–water partition coefficient (Wildman–Crippen LogP) is 2.83. The minimum atomic E-state index is -0.704. The maximum absolute atomic E-state index is 12.5. The van der Waals surface area contributed by atoms with Gasteiger partial charge in [-0.1, -0.05) is 0 Å². The Labute approximate surface area is 140 Å². The molecule has 0 radical (unpaired) electrons. The third-order valence-corrected chi connectivity index (χ3v) is 3.93. The molecule has 0 spiro atoms. The summed E-state index contributed by atoms with van der Waals surface area (Å²) in [6.07, 6.45) is 2.80. The fraction of sp³-hybridized carbons (Fsp3) is 0.263. The highest BCUT2D eigenvalue weighted by molar-refractivity contribution is 5.74. The number of aliphatic hydroxyl groups excluding tert-OH is 1. The van der Waals surface area contributed by atoms with Crippen LogP contribution in [0.4, 0.5) is 0 Å². The molecule has 1 aromatic carbocycles. The number of aromatic nitrogens is 1. The Morgan fingerprint density at radius 2 is 2.04 bits per heavy atom. The number of hydrogen-bond donors (Lipinski definition) is 1. The van der Waals surface area contributed by atoms with Gasteiger partial charge in [0.15, 0.2) is 0 Å². The lowest BCUT2D eigenvalue weighted by molar-refractivity contribution is 0.157. The van der Waals surface area contributed by atoms with Gasteiger partial charge in [-0.05, 0) is 56.7 Å². The second-order valence-corrected chi connectivity index (χ2v) is 6.40. The molecule has 0 fully saturated rings. The summed E-state index contributed by atoms with van der Waals surface area (Å²) in [7, 11) is 0. The molecule has 1 aliphatic heterocycles. The number of nitriles is 1. The molecule has 1 N–H and O–H groups in total. The number of pyridine rings is 1. The lowest BCUT2D eigenvalue weighted by Crippen LogP contribution is -2.32. The van der Waals surface area contributed by atoms with Crippen molar-refractivity contribution < 1.29 is 9.84 Å². The summed E-state index contributed by atoms with van der Waals surface area (Å²) in [5.74, 6) is 0.628. The number of benzene rings is 1. The minimum absolute atomic E-state index is 0.245. The highest BCUT2D eigenvalue weighted by Crippen LogP contribution is 2.36. The lowest BCUT2D eigenvalue weighted by Gasteiger charge is -2.31. The van der Waals surface area contributed by atoms with Crippen LogP contribution in [0.1, 0.15) is 43.6 Å². The third kappa shape index (κ3) is 2.84. The van der Waals surface area contributed by atoms with Crippen LogP contribution in [-0.4, -0.2) is 15.3 Å². The summed E-state index contributed by atoms with van der Waals surface area (Å²) < 4.78 is 7.44. The number of aliphatic hydroxyl groups is 1. The highest BCUT2D eigenvalue weighted by atomic mass is 16.5. The van der Waals surface area contributed by atoms with Crippen molar-refractivity contribution >= 4 is 5.70 Å². The van der Waals surface area contributed by atoms with E-state index in [9.17, 15) is 9.90 Å². The molecule has 5 nitrogen and oxygen atoms in total. The second kappa shape index (κ2) is 5.66. The SMILES string of the molecule is CC(O)c1ccn(C2=CC(C)(C)Oc3ccc(C#N)cc32)c(=O)c1. The summed E-state index contributed by atoms with van der Waals surface area (Å²) in [4.78, 5) is 12.5. The van der Waals surface area contributed by atoms with Crippen LogP contribution in [0.5, 0.6) is 5.75 Å². The first-order valence-corrected chi connectivity index (χ1v) is 7.68. The van der Waals surface area contributed by atoms with E-state index in [0.29, 0.717) is 28.1 Å². The van der Waals surface area contributed by atoms with Gasteiger partial charge in [-0.2, -0.15) is 5.26 Å². The largest absolute Gasteiger partial charge is 0.483 e. The van der Waals surface area contributed by atoms with Crippen molar-refractivity contribution in [3.63, 3.8) is 0 Å². The molecule has 1 aromatic heterocycles. The number of fused-ring (bicyclic) bond motifs is 1. The van der Waals surface area contributed by atoms with E-state index in [-0.39, 0.29) is 5.56 Å². The normalized spacial score (nSPS) is 16.4. The average Bonchev–Trinajstić information content (AvgIpc) is 2.52. The second-order valence-electron chi connectivity index (χ2n) is 6.40. The van der Waals surface area contributed by atoms with Crippen molar-refractivity contribution in [2.75, 3.05) is 0 Å². The molecule has 0 saturated carbocycles. The Balaban J connectivity index is 2.22. The van der Waals surface area contributed by atoms with Crippen LogP contribution >= 0.6 is 0 Å². The van der Waals surface area contributed by atoms with E-state index in [1.54, 1.807) is 37.4 Å². The van der Waals surface area contributed by atoms with Gasteiger partial charge in [0.05, 0.1) is 23.4 Å². The minimum Gasteiger partial charge on any atom is -0.483 e. The topological polar surface area (TPSA) is 75.2 Å². The molecule has 0 bridgehead atoms. The van der Waals surface area contributed by atoms with Gasteiger partial charge >= 0.3 is 0 Å². The zero-order valence-electron chi connectivity index (χ0n) is 13.8. The third-order valence-electron chi connectivity index (χ3n) is 3.93. The first-order chi connectivity index (χ1) is 11.3. The molecule has 0 amide bonds. The Bertz CT molecular complexity index is 930. The maximum atomic E-state index is 12.5. The van der Waals surface area contributed by atoms with Crippen LogP contribution in [-0.2, 0) is 0 Å². The molecule has 3 rings (SSSR count). The molecule has 1 unspecified atom stereocenters. The Morgan fingerprint density at radius 3 is 2.67 bits per heavy atom. The first kappa shape index (κ1) is 16.0. The summed E-state index contributed by atoms with van der Waals surface area (Å²) in [6.45, 7) is 5.43. The molecule has 0 saturated heterocycles. The van der Waals surface area contributed by atoms with Crippen molar-refractivity contribution in [2.24, 2.45) is 0 Å². The van der Waals surface area contributed by atoms with Gasteiger partial charge in [-0.15, -0.1) is 0 Å². The molecule has 0 aliphatic carbocycles. The molecular weight excluding hydrogens is 304 g/mol. The van der Waals surface area contributed by atoms with E-state index in [0.717, 1.165) is 0 Å². The zero-order chi connectivity index (χ0) is 17.5. The monoisotopic (exact) mass is 322 g/mol. The lowest BCUT2D eigenvalue weighted by atomic mass is 9.97. The smallest absolute Gasteiger partial charge is 0.255 e. The van der Waals surface area contributed by atoms with Crippen molar-refractivity contribution in [3.8, 4) is 11.8 Å². The van der Waals surface area contributed by atoms with Gasteiger partial charge in [0, 0.05) is 17.8 Å². The number of ether oxygens (including phenoxy) is 1. The number of nitrogens with zero attached hydrogens (tertiary/aromatic N) is 2. The van der Waals surface area contributed by atoms with Crippen molar-refractivity contribution in [2.45, 2.75) is 32.5 Å². The van der Waals surface area contributed by atoms with E-state index in [1.807, 2.05) is 19.9 Å². The summed E-state index contributed by atoms with van der Waals surface area (Å²) in [5.41, 5.74) is 1.59. The summed E-state index contributed by atoms with van der Waals surface area (Å²) >= 11 is 0. The molecular formula is C19H18N2O3. The predicted molar refractivity (Wildman–Crippen MR) is 90.6 cm³/mol. The van der Waals surface area contributed by atoms with Crippen molar-refractivity contribution in [3.05, 3.63) is 69.6 Å². The van der Waals surface area contributed by atoms with E-state index >= 15 is 0 Å². The maximum Gasteiger partial charge on any atom is 0.255 e. The summed E-state index contributed by atoms with van der Waals surface area (Å²) in [5, 5.41) is 18.8. The Kier molecular flexibility index (Phi) is 3.78. The van der Waals surface area contributed by atoms with Crippen LogP contribution in [0.2, 0.25) is 0 Å². The Hall–Kier alpha value is -2.84. The van der Waals surface area contributed by atoms with Crippen molar-refractivity contribution in [1.82, 2.24) is 4.57 Å². The van der Waals surface area contributed by atoms with Gasteiger partial charge in [-0.25, -0.2) is 0 Å². The van der Waals surface area contributed by atoms with Crippen LogP contribution in [0.25, 0.3) is 5.70 Å². The van der Waals surface area contributed by atoms with Gasteiger partial charge in [0.25, 0.3) is 5.56 Å². The van der Waals surface area contributed by atoms with Crippen LogP contribution < -0.4 is 10.3 Å². The van der Waals surface area contributed by atoms with E-state index in [4.69, 9.17) is 10.00 Å². The van der Waals surface area contributed by atoms with E-state index in [2.05, 4.69) is 6.07 Å². The van der Waals surface area contributed by atoms with Crippen LogP contribution in [0.15, 0.2) is 47.4 Å². The quantitative estimate of drug-likeness (QED) is 0.922. The highest BCUT2D eigenvalue weighted by Gasteiger charge is 2.28. The Morgan fingerprint density at radius 1 is 1.29 bits per heavy atom. The fourth-order valence-electron chi connectivity index (χ4n) is 2.76. The number of rotatable bonds is 2. The molecule has 2 aromatic rings. The first-order valence-electron chi connectivity index (χ1n) is 7.68. The standard InChI is InChI=1S/C19H18N2O3/c1-12(22)14-6-7-21(18(23)9-14)16-10-19(2,3)24-17-5-4-13(11-20)8-15(16)17/h4-10,12,22H,1-3H3. The molecule has 5 heteroatoms. The van der Waals surface area contributed by atoms with Crippen molar-refractivity contribution in [1.29, 1.82) is 5.26 Å². The van der Waals surface area contributed by atoms with E-state index < -0.39 is 11.7 Å². The van der Waals surface area contributed by atoms with Gasteiger partial charge in [-0.3, -0.25) is 9.36 Å². The van der Waals surface area contributed by atoms with Gasteiger partial charge < -0.3 is 9.84 Å². The van der Waals surface area contributed by atoms with E-state index in [1.165, 1.54) is 10.6 Å². The average molecular weight is 322 g/mol. The fourth-order valence-corrected chi connectivity index (χ4v) is 2.76. The molecule has 2 heterocycles. The molecule has 1 atom stereocenters. The van der Waals surface area contributed by atoms with Crippen LogP contribution in [0.3, 0.4) is 0 Å². The molecule has 24 heavy (non-hydrogen) atoms. The van der Waals surface area contributed by atoms with Crippen LogP contribution in [0, 0.1) is 11.3 Å². The van der Waals surface area contributed by atoms with Gasteiger partial charge in [0.1, 0.15) is 11.4 Å². The number of hydrogen-bond acceptors (Lipinski definition) is 4. The molecule has 122 valence electrons. The zero-order valence-corrected chi connectivity index (χ0v) is 13.8.